The molecule has 0 unspecified atom stereocenters. The summed E-state index contributed by atoms with van der Waals surface area (Å²) < 4.78 is 22.4. The lowest BCUT2D eigenvalue weighted by molar-refractivity contribution is -0.145. The molecule has 0 aromatic heterocycles. The quantitative estimate of drug-likeness (QED) is 0.434. The third-order valence-electron chi connectivity index (χ3n) is 9.43. The molecule has 0 bridgehead atoms. The summed E-state index contributed by atoms with van der Waals surface area (Å²) in [5.74, 6) is 2.76. The number of rotatable bonds is 6. The molecule has 0 radical (unpaired) electrons. The number of allylic oxidation sites excluding steroid dienone is 2. The van der Waals surface area contributed by atoms with Gasteiger partial charge >= 0.3 is 0 Å². The van der Waals surface area contributed by atoms with E-state index in [4.69, 9.17) is 18.9 Å². The third-order valence-corrected chi connectivity index (χ3v) is 9.43. The highest BCUT2D eigenvalue weighted by molar-refractivity contribution is 5.88. The van der Waals surface area contributed by atoms with Crippen LogP contribution >= 0.6 is 0 Å². The fourth-order valence-corrected chi connectivity index (χ4v) is 7.16. The lowest BCUT2D eigenvalue weighted by Gasteiger charge is -2.51. The van der Waals surface area contributed by atoms with Crippen LogP contribution in [-0.4, -0.2) is 61.4 Å². The molecule has 4 heterocycles. The molecule has 7 rings (SSSR count). The molecule has 1 saturated carbocycles. The smallest absolute Gasteiger partial charge is 0.246 e. The van der Waals surface area contributed by atoms with Gasteiger partial charge in [0.2, 0.25) is 25.4 Å². The van der Waals surface area contributed by atoms with Crippen molar-refractivity contribution in [3.8, 4) is 23.0 Å². The van der Waals surface area contributed by atoms with E-state index in [-0.39, 0.29) is 49.1 Å². The SMILES string of the molecule is O=C(/C=C\[C@H]1[C@H](C(=O)N2CCCCC2)[C@@H](/C=C/c2ccc3c(c2)OCO3)[C@H]1c1ccc2c(c1)OCO2)N1CCCCC1. The predicted octanol–water partition coefficient (Wildman–Crippen LogP) is 5.38. The summed E-state index contributed by atoms with van der Waals surface area (Å²) in [7, 11) is 0. The highest BCUT2D eigenvalue weighted by atomic mass is 16.7. The molecule has 8 nitrogen and oxygen atoms in total. The zero-order chi connectivity index (χ0) is 28.5. The molecule has 0 spiro atoms. The van der Waals surface area contributed by atoms with Crippen LogP contribution in [0.2, 0.25) is 0 Å². The van der Waals surface area contributed by atoms with Gasteiger partial charge in [0, 0.05) is 26.2 Å². The molecule has 0 N–H and O–H groups in total. The highest BCUT2D eigenvalue weighted by Crippen LogP contribution is 2.56. The van der Waals surface area contributed by atoms with Crippen LogP contribution in [0.4, 0.5) is 0 Å². The van der Waals surface area contributed by atoms with Crippen LogP contribution in [0.25, 0.3) is 6.08 Å². The van der Waals surface area contributed by atoms with Crippen LogP contribution in [0.5, 0.6) is 23.0 Å². The van der Waals surface area contributed by atoms with Gasteiger partial charge in [-0.05, 0) is 97.7 Å². The average molecular weight is 571 g/mol. The zero-order valence-electron chi connectivity index (χ0n) is 23.9. The minimum atomic E-state index is -0.255. The van der Waals surface area contributed by atoms with Gasteiger partial charge in [0.25, 0.3) is 0 Å². The molecule has 2 saturated heterocycles. The van der Waals surface area contributed by atoms with Crippen molar-refractivity contribution in [2.45, 2.75) is 44.4 Å². The van der Waals surface area contributed by atoms with Crippen molar-refractivity contribution in [2.75, 3.05) is 39.8 Å². The first-order chi connectivity index (χ1) is 20.7. The van der Waals surface area contributed by atoms with Crippen molar-refractivity contribution in [2.24, 2.45) is 17.8 Å². The number of likely N-dealkylation sites (tertiary alicyclic amines) is 2. The van der Waals surface area contributed by atoms with Gasteiger partial charge in [0.05, 0.1) is 5.92 Å². The van der Waals surface area contributed by atoms with Gasteiger partial charge in [-0.1, -0.05) is 30.4 Å². The maximum absolute atomic E-state index is 14.2. The number of piperidine rings is 2. The Balaban J connectivity index is 1.23. The second kappa shape index (κ2) is 11.7. The number of carbonyl (C=O) groups excluding carboxylic acids is 2. The Morgan fingerprint density at radius 1 is 0.667 bits per heavy atom. The van der Waals surface area contributed by atoms with E-state index in [1.54, 1.807) is 6.08 Å². The topological polar surface area (TPSA) is 77.5 Å². The summed E-state index contributed by atoms with van der Waals surface area (Å²) in [6, 6.07) is 12.0. The van der Waals surface area contributed by atoms with E-state index in [2.05, 4.69) is 18.2 Å². The molecule has 2 aromatic rings. The van der Waals surface area contributed by atoms with E-state index in [9.17, 15) is 9.59 Å². The summed E-state index contributed by atoms with van der Waals surface area (Å²) in [6.45, 7) is 3.64. The number of nitrogens with zero attached hydrogens (tertiary/aromatic N) is 2. The van der Waals surface area contributed by atoms with E-state index in [0.717, 1.165) is 92.4 Å². The zero-order valence-corrected chi connectivity index (χ0v) is 23.9. The second-order valence-electron chi connectivity index (χ2n) is 11.9. The summed E-state index contributed by atoms with van der Waals surface area (Å²) in [4.78, 5) is 31.3. The molecule has 1 aliphatic carbocycles. The van der Waals surface area contributed by atoms with Crippen molar-refractivity contribution in [1.82, 2.24) is 9.80 Å². The van der Waals surface area contributed by atoms with Crippen molar-refractivity contribution in [3.63, 3.8) is 0 Å². The number of benzene rings is 2. The van der Waals surface area contributed by atoms with Crippen LogP contribution in [0, 0.1) is 17.8 Å². The van der Waals surface area contributed by atoms with Crippen molar-refractivity contribution in [1.29, 1.82) is 0 Å². The molecular formula is C34H38N2O6. The Hall–Kier alpha value is -3.94. The van der Waals surface area contributed by atoms with Crippen LogP contribution < -0.4 is 18.9 Å². The lowest BCUT2D eigenvalue weighted by Crippen LogP contribution is -2.53. The molecule has 5 aliphatic rings. The van der Waals surface area contributed by atoms with Gasteiger partial charge in [0.15, 0.2) is 23.0 Å². The van der Waals surface area contributed by atoms with Crippen LogP contribution in [0.3, 0.4) is 0 Å². The first-order valence-electron chi connectivity index (χ1n) is 15.4. The first kappa shape index (κ1) is 26.9. The summed E-state index contributed by atoms with van der Waals surface area (Å²) in [5, 5.41) is 0. The van der Waals surface area contributed by atoms with Gasteiger partial charge in [-0.15, -0.1) is 0 Å². The summed E-state index contributed by atoms with van der Waals surface area (Å²) >= 11 is 0. The van der Waals surface area contributed by atoms with Gasteiger partial charge in [-0.3, -0.25) is 9.59 Å². The monoisotopic (exact) mass is 570 g/mol. The molecule has 8 heteroatoms. The van der Waals surface area contributed by atoms with Crippen LogP contribution in [0.15, 0.2) is 54.6 Å². The standard InChI is InChI=1S/C34H38N2O6/c37-31(35-15-3-1-4-16-35)14-11-26-32(24-9-13-28-30(20-24)42-22-40-28)25(33(26)34(38)36-17-5-2-6-18-36)10-7-23-8-12-27-29(19-23)41-21-39-27/h7-14,19-20,25-26,32-33H,1-6,15-18,21-22H2/b10-7+,14-11-/t25-,26+,32+,33+/m0/s1. The Labute approximate surface area is 246 Å². The van der Waals surface area contributed by atoms with Crippen molar-refractivity contribution in [3.05, 3.63) is 65.8 Å². The van der Waals surface area contributed by atoms with Gasteiger partial charge in [0.1, 0.15) is 0 Å². The summed E-state index contributed by atoms with van der Waals surface area (Å²) in [6.07, 6.45) is 14.5. The molecule has 2 amide bonds. The van der Waals surface area contributed by atoms with E-state index >= 15 is 0 Å². The molecule has 220 valence electrons. The number of amides is 2. The van der Waals surface area contributed by atoms with Crippen LogP contribution in [0.1, 0.15) is 55.6 Å². The normalized spacial score (nSPS) is 26.6. The maximum atomic E-state index is 14.2. The van der Waals surface area contributed by atoms with Gasteiger partial charge in [-0.2, -0.15) is 0 Å². The lowest BCUT2D eigenvalue weighted by atomic mass is 9.53. The Morgan fingerprint density at radius 2 is 1.26 bits per heavy atom. The van der Waals surface area contributed by atoms with Gasteiger partial charge < -0.3 is 28.7 Å². The molecule has 4 atom stereocenters. The fraction of sp³-hybridized carbons (Fsp3) is 0.471. The van der Waals surface area contributed by atoms with Crippen LogP contribution in [-0.2, 0) is 9.59 Å². The minimum Gasteiger partial charge on any atom is -0.454 e. The molecule has 2 aromatic carbocycles. The largest absolute Gasteiger partial charge is 0.454 e. The average Bonchev–Trinajstić information content (AvgIpc) is 3.70. The van der Waals surface area contributed by atoms with E-state index in [1.807, 2.05) is 46.2 Å². The number of carbonyl (C=O) groups is 2. The Morgan fingerprint density at radius 3 is 1.98 bits per heavy atom. The number of ether oxygens (including phenoxy) is 4. The maximum Gasteiger partial charge on any atom is 0.246 e. The predicted molar refractivity (Wildman–Crippen MR) is 157 cm³/mol. The third kappa shape index (κ3) is 5.23. The van der Waals surface area contributed by atoms with Crippen molar-refractivity contribution < 1.29 is 28.5 Å². The first-order valence-corrected chi connectivity index (χ1v) is 15.4. The second-order valence-corrected chi connectivity index (χ2v) is 11.9. The number of fused-ring (bicyclic) bond motifs is 2. The molecular weight excluding hydrogens is 532 g/mol. The van der Waals surface area contributed by atoms with E-state index < -0.39 is 0 Å². The van der Waals surface area contributed by atoms with E-state index in [0.29, 0.717) is 0 Å². The van der Waals surface area contributed by atoms with Crippen molar-refractivity contribution >= 4 is 17.9 Å². The molecule has 4 aliphatic heterocycles. The Kier molecular flexibility index (Phi) is 7.53. The fourth-order valence-electron chi connectivity index (χ4n) is 7.16. The number of hydrogen-bond donors (Lipinski definition) is 0. The van der Waals surface area contributed by atoms with E-state index in [1.165, 1.54) is 6.42 Å². The Bertz CT molecular complexity index is 1390. The van der Waals surface area contributed by atoms with Gasteiger partial charge in [-0.25, -0.2) is 0 Å². The molecule has 3 fully saturated rings. The number of hydrogen-bond acceptors (Lipinski definition) is 6. The highest BCUT2D eigenvalue weighted by Gasteiger charge is 2.53. The summed E-state index contributed by atoms with van der Waals surface area (Å²) in [5.41, 5.74) is 2.08. The minimum absolute atomic E-state index is 0.00825. The molecule has 42 heavy (non-hydrogen) atoms.